The quantitative estimate of drug-likeness (QED) is 0.614. The van der Waals surface area contributed by atoms with Crippen molar-refractivity contribution in [2.45, 2.75) is 45.6 Å². The van der Waals surface area contributed by atoms with Crippen molar-refractivity contribution in [1.29, 1.82) is 0 Å². The molecule has 0 heterocycles. The van der Waals surface area contributed by atoms with Crippen LogP contribution in [0.3, 0.4) is 0 Å². The highest BCUT2D eigenvalue weighted by Gasteiger charge is 2.64. The van der Waals surface area contributed by atoms with Crippen LogP contribution in [0.25, 0.3) is 0 Å². The van der Waals surface area contributed by atoms with Gasteiger partial charge in [0.25, 0.3) is 0 Å². The summed E-state index contributed by atoms with van der Waals surface area (Å²) in [6, 6.07) is 0. The van der Waals surface area contributed by atoms with Gasteiger partial charge in [-0.15, -0.1) is 0 Å². The van der Waals surface area contributed by atoms with Crippen molar-refractivity contribution in [3.63, 3.8) is 0 Å². The largest absolute Gasteiger partial charge is 0.390 e. The lowest BCUT2D eigenvalue weighted by Crippen LogP contribution is -2.24. The summed E-state index contributed by atoms with van der Waals surface area (Å²) in [5, 5.41) is 9.81. The minimum atomic E-state index is -0.340. The smallest absolute Gasteiger partial charge is 0.0628 e. The minimum Gasteiger partial charge on any atom is -0.390 e. The predicted octanol–water partition coefficient (Wildman–Crippen LogP) is 2.19. The third-order valence-electron chi connectivity index (χ3n) is 3.83. The lowest BCUT2D eigenvalue weighted by atomic mass is 9.86. The molecule has 64 valence electrons. The summed E-state index contributed by atoms with van der Waals surface area (Å²) in [4.78, 5) is 0. The molecule has 0 saturated heterocycles. The van der Waals surface area contributed by atoms with Gasteiger partial charge in [-0.25, -0.2) is 0 Å². The van der Waals surface area contributed by atoms with Crippen LogP contribution in [-0.2, 0) is 0 Å². The van der Waals surface area contributed by atoms with Crippen molar-refractivity contribution in [3.05, 3.63) is 0 Å². The summed E-state index contributed by atoms with van der Waals surface area (Å²) in [5.74, 6) is 1.61. The molecule has 0 aromatic rings. The van der Waals surface area contributed by atoms with E-state index in [0.717, 1.165) is 24.7 Å². The molecule has 0 aliphatic heterocycles. The summed E-state index contributed by atoms with van der Waals surface area (Å²) in [5.41, 5.74) is 0.205. The molecule has 2 aliphatic carbocycles. The molecule has 2 rings (SSSR count). The molecule has 2 aliphatic rings. The van der Waals surface area contributed by atoms with Gasteiger partial charge in [-0.05, 0) is 43.4 Å². The van der Waals surface area contributed by atoms with E-state index < -0.39 is 0 Å². The van der Waals surface area contributed by atoms with Gasteiger partial charge in [-0.2, -0.15) is 0 Å². The Labute approximate surface area is 68.8 Å². The van der Waals surface area contributed by atoms with E-state index in [4.69, 9.17) is 0 Å². The Morgan fingerprint density at radius 2 is 2.00 bits per heavy atom. The first-order valence-electron chi connectivity index (χ1n) is 4.69. The standard InChI is InChI=1S/C10H18O/c1-7(2)10-5-8(10)4-9(3,11)6-10/h7-8,11H,4-6H2,1-3H3. The van der Waals surface area contributed by atoms with Crippen LogP contribution in [-0.4, -0.2) is 10.7 Å². The topological polar surface area (TPSA) is 20.2 Å². The molecule has 1 N–H and O–H groups in total. The second-order valence-corrected chi connectivity index (χ2v) is 5.17. The van der Waals surface area contributed by atoms with Gasteiger partial charge in [0.15, 0.2) is 0 Å². The van der Waals surface area contributed by atoms with Crippen molar-refractivity contribution in [2.75, 3.05) is 0 Å². The summed E-state index contributed by atoms with van der Waals surface area (Å²) in [6.07, 6.45) is 3.47. The van der Waals surface area contributed by atoms with E-state index in [1.165, 1.54) is 6.42 Å². The van der Waals surface area contributed by atoms with Gasteiger partial charge in [0.1, 0.15) is 0 Å². The summed E-state index contributed by atoms with van der Waals surface area (Å²) in [6.45, 7) is 6.58. The monoisotopic (exact) mass is 154 g/mol. The van der Waals surface area contributed by atoms with E-state index >= 15 is 0 Å². The van der Waals surface area contributed by atoms with Crippen LogP contribution in [0.2, 0.25) is 0 Å². The molecule has 3 unspecified atom stereocenters. The second-order valence-electron chi connectivity index (χ2n) is 5.17. The summed E-state index contributed by atoms with van der Waals surface area (Å²) < 4.78 is 0. The molecular formula is C10H18O. The van der Waals surface area contributed by atoms with Crippen molar-refractivity contribution in [1.82, 2.24) is 0 Å². The normalized spacial score (nSPS) is 54.8. The zero-order chi connectivity index (χ0) is 8.28. The first-order chi connectivity index (χ1) is 4.96. The van der Waals surface area contributed by atoms with Crippen LogP contribution >= 0.6 is 0 Å². The van der Waals surface area contributed by atoms with Crippen LogP contribution in [0.4, 0.5) is 0 Å². The molecule has 0 radical (unpaired) electrons. The number of hydrogen-bond donors (Lipinski definition) is 1. The van der Waals surface area contributed by atoms with E-state index in [-0.39, 0.29) is 5.60 Å². The number of rotatable bonds is 1. The van der Waals surface area contributed by atoms with E-state index in [0.29, 0.717) is 5.41 Å². The molecule has 2 fully saturated rings. The fraction of sp³-hybridized carbons (Fsp3) is 1.00. The number of fused-ring (bicyclic) bond motifs is 1. The van der Waals surface area contributed by atoms with Gasteiger partial charge >= 0.3 is 0 Å². The third-order valence-corrected chi connectivity index (χ3v) is 3.83. The molecule has 11 heavy (non-hydrogen) atoms. The Morgan fingerprint density at radius 1 is 1.36 bits per heavy atom. The molecule has 0 aromatic heterocycles. The van der Waals surface area contributed by atoms with E-state index in [9.17, 15) is 5.11 Å². The fourth-order valence-electron chi connectivity index (χ4n) is 3.12. The molecular weight excluding hydrogens is 136 g/mol. The maximum Gasteiger partial charge on any atom is 0.0628 e. The summed E-state index contributed by atoms with van der Waals surface area (Å²) in [7, 11) is 0. The molecule has 3 atom stereocenters. The zero-order valence-electron chi connectivity index (χ0n) is 7.72. The lowest BCUT2D eigenvalue weighted by molar-refractivity contribution is 0.0426. The number of aliphatic hydroxyl groups is 1. The van der Waals surface area contributed by atoms with Crippen molar-refractivity contribution < 1.29 is 5.11 Å². The van der Waals surface area contributed by atoms with Gasteiger partial charge in [0.2, 0.25) is 0 Å². The third kappa shape index (κ3) is 0.936. The lowest BCUT2D eigenvalue weighted by Gasteiger charge is -2.23. The molecule has 1 heteroatoms. The van der Waals surface area contributed by atoms with Crippen molar-refractivity contribution in [3.8, 4) is 0 Å². The first kappa shape index (κ1) is 7.60. The Hall–Kier alpha value is -0.0400. The van der Waals surface area contributed by atoms with Gasteiger partial charge in [-0.1, -0.05) is 13.8 Å². The maximum absolute atomic E-state index is 9.81. The van der Waals surface area contributed by atoms with Crippen LogP contribution in [0, 0.1) is 17.3 Å². The van der Waals surface area contributed by atoms with Gasteiger partial charge in [0, 0.05) is 0 Å². The highest BCUT2D eigenvalue weighted by atomic mass is 16.3. The second kappa shape index (κ2) is 1.82. The summed E-state index contributed by atoms with van der Waals surface area (Å²) >= 11 is 0. The van der Waals surface area contributed by atoms with Crippen LogP contribution in [0.15, 0.2) is 0 Å². The van der Waals surface area contributed by atoms with Crippen molar-refractivity contribution in [2.24, 2.45) is 17.3 Å². The fourth-order valence-corrected chi connectivity index (χ4v) is 3.12. The van der Waals surface area contributed by atoms with E-state index in [1.807, 2.05) is 6.92 Å². The van der Waals surface area contributed by atoms with Crippen LogP contribution < -0.4 is 0 Å². The Bertz CT molecular complexity index is 183. The van der Waals surface area contributed by atoms with Crippen LogP contribution in [0.1, 0.15) is 40.0 Å². The average molecular weight is 154 g/mol. The van der Waals surface area contributed by atoms with E-state index in [1.54, 1.807) is 0 Å². The van der Waals surface area contributed by atoms with Crippen molar-refractivity contribution >= 4 is 0 Å². The molecule has 1 nitrogen and oxygen atoms in total. The zero-order valence-corrected chi connectivity index (χ0v) is 7.72. The van der Waals surface area contributed by atoms with Crippen LogP contribution in [0.5, 0.6) is 0 Å². The Balaban J connectivity index is 2.13. The van der Waals surface area contributed by atoms with Gasteiger partial charge < -0.3 is 5.11 Å². The van der Waals surface area contributed by atoms with Gasteiger partial charge in [0.05, 0.1) is 5.60 Å². The van der Waals surface area contributed by atoms with Gasteiger partial charge in [-0.3, -0.25) is 0 Å². The molecule has 0 spiro atoms. The molecule has 0 amide bonds. The minimum absolute atomic E-state index is 0.340. The Morgan fingerprint density at radius 3 is 2.27 bits per heavy atom. The maximum atomic E-state index is 9.81. The van der Waals surface area contributed by atoms with E-state index in [2.05, 4.69) is 13.8 Å². The average Bonchev–Trinajstić information content (AvgIpc) is 2.35. The SMILES string of the molecule is CC(C)C12CC1CC(C)(O)C2. The molecule has 0 bridgehead atoms. The predicted molar refractivity (Wildman–Crippen MR) is 45.2 cm³/mol. The highest BCUT2D eigenvalue weighted by Crippen LogP contribution is 2.69. The Kier molecular flexibility index (Phi) is 1.26. The first-order valence-corrected chi connectivity index (χ1v) is 4.69. The molecule has 0 aromatic carbocycles. The highest BCUT2D eigenvalue weighted by molar-refractivity contribution is 5.14. The number of hydrogen-bond acceptors (Lipinski definition) is 1. The molecule has 2 saturated carbocycles.